The normalized spacial score (nSPS) is 10.6. The van der Waals surface area contributed by atoms with Gasteiger partial charge in [-0.15, -0.1) is 0 Å². The number of hydrogen-bond donors (Lipinski definition) is 2. The first-order valence-corrected chi connectivity index (χ1v) is 6.99. The van der Waals surface area contributed by atoms with Gasteiger partial charge in [-0.2, -0.15) is 5.10 Å². The van der Waals surface area contributed by atoms with E-state index in [2.05, 4.69) is 15.5 Å². The summed E-state index contributed by atoms with van der Waals surface area (Å²) in [4.78, 5) is 24.2. The maximum absolute atomic E-state index is 12.5. The molecule has 1 amide bonds. The van der Waals surface area contributed by atoms with E-state index in [4.69, 9.17) is 11.6 Å². The van der Waals surface area contributed by atoms with Crippen molar-refractivity contribution in [1.82, 2.24) is 10.2 Å². The first-order valence-electron chi connectivity index (χ1n) is 6.61. The number of hydrogen-bond acceptors (Lipinski definition) is 3. The van der Waals surface area contributed by atoms with Crippen LogP contribution in [0.25, 0.3) is 10.8 Å². The van der Waals surface area contributed by atoms with Gasteiger partial charge in [0, 0.05) is 16.1 Å². The van der Waals surface area contributed by atoms with E-state index in [0.29, 0.717) is 21.5 Å². The van der Waals surface area contributed by atoms with Crippen LogP contribution >= 0.6 is 11.6 Å². The highest BCUT2D eigenvalue weighted by Gasteiger charge is 2.15. The Bertz CT molecular complexity index is 934. The molecule has 0 saturated carbocycles. The first-order chi connectivity index (χ1) is 10.6. The van der Waals surface area contributed by atoms with E-state index in [9.17, 15) is 9.59 Å². The minimum absolute atomic E-state index is 0.162. The Morgan fingerprint density at radius 3 is 2.68 bits per heavy atom. The summed E-state index contributed by atoms with van der Waals surface area (Å²) in [6, 6.07) is 12.1. The van der Waals surface area contributed by atoms with E-state index >= 15 is 0 Å². The van der Waals surface area contributed by atoms with Crippen molar-refractivity contribution >= 4 is 34.0 Å². The number of nitrogens with zero attached hydrogens (tertiary/aromatic N) is 1. The van der Waals surface area contributed by atoms with E-state index in [1.165, 1.54) is 0 Å². The molecule has 3 aromatic rings. The van der Waals surface area contributed by atoms with Crippen LogP contribution in [-0.2, 0) is 0 Å². The molecule has 1 aromatic heterocycles. The molecule has 0 spiro atoms. The van der Waals surface area contributed by atoms with Crippen LogP contribution in [0.3, 0.4) is 0 Å². The van der Waals surface area contributed by atoms with Crippen molar-refractivity contribution in [2.45, 2.75) is 6.92 Å². The Hall–Kier alpha value is -2.66. The highest BCUT2D eigenvalue weighted by molar-refractivity contribution is 6.31. The van der Waals surface area contributed by atoms with E-state index in [1.54, 1.807) is 36.4 Å². The van der Waals surface area contributed by atoms with Crippen LogP contribution in [-0.4, -0.2) is 16.1 Å². The second-order valence-electron chi connectivity index (χ2n) is 4.86. The molecule has 0 bridgehead atoms. The summed E-state index contributed by atoms with van der Waals surface area (Å²) in [5.74, 6) is -0.405. The Morgan fingerprint density at radius 1 is 1.18 bits per heavy atom. The number of halogens is 1. The minimum Gasteiger partial charge on any atom is -0.320 e. The van der Waals surface area contributed by atoms with Crippen molar-refractivity contribution in [1.29, 1.82) is 0 Å². The third-order valence-corrected chi connectivity index (χ3v) is 3.59. The molecule has 0 fully saturated rings. The summed E-state index contributed by atoms with van der Waals surface area (Å²) in [5.41, 5.74) is 1.32. The maximum Gasteiger partial charge on any atom is 0.276 e. The highest BCUT2D eigenvalue weighted by Crippen LogP contribution is 2.21. The van der Waals surface area contributed by atoms with Crippen molar-refractivity contribution in [2.75, 3.05) is 5.32 Å². The zero-order valence-electron chi connectivity index (χ0n) is 11.7. The van der Waals surface area contributed by atoms with Gasteiger partial charge in [0.15, 0.2) is 5.69 Å². The molecule has 6 heteroatoms. The smallest absolute Gasteiger partial charge is 0.276 e. The lowest BCUT2D eigenvalue weighted by atomic mass is 10.1. The number of carbonyl (C=O) groups is 1. The summed E-state index contributed by atoms with van der Waals surface area (Å²) < 4.78 is 0. The summed E-state index contributed by atoms with van der Waals surface area (Å²) in [7, 11) is 0. The summed E-state index contributed by atoms with van der Waals surface area (Å²) >= 11 is 5.95. The van der Waals surface area contributed by atoms with Gasteiger partial charge < -0.3 is 5.32 Å². The van der Waals surface area contributed by atoms with Crippen molar-refractivity contribution in [2.24, 2.45) is 0 Å². The predicted molar refractivity (Wildman–Crippen MR) is 86.5 cm³/mol. The number of benzene rings is 2. The van der Waals surface area contributed by atoms with Gasteiger partial charge in [0.25, 0.3) is 11.5 Å². The molecule has 2 N–H and O–H groups in total. The van der Waals surface area contributed by atoms with Crippen LogP contribution in [0.15, 0.2) is 47.3 Å². The van der Waals surface area contributed by atoms with Gasteiger partial charge in [0.1, 0.15) is 0 Å². The molecule has 0 aliphatic rings. The van der Waals surface area contributed by atoms with Gasteiger partial charge >= 0.3 is 0 Å². The molecule has 5 nitrogen and oxygen atoms in total. The van der Waals surface area contributed by atoms with Crippen molar-refractivity contribution in [3.05, 3.63) is 69.1 Å². The summed E-state index contributed by atoms with van der Waals surface area (Å²) in [5, 5.41) is 10.4. The second kappa shape index (κ2) is 5.61. The molecule has 1 heterocycles. The molecule has 0 aliphatic heterocycles. The topological polar surface area (TPSA) is 74.8 Å². The second-order valence-corrected chi connectivity index (χ2v) is 5.30. The van der Waals surface area contributed by atoms with Crippen LogP contribution in [0.2, 0.25) is 5.02 Å². The van der Waals surface area contributed by atoms with E-state index in [-0.39, 0.29) is 11.3 Å². The SMILES string of the molecule is Cc1ccc(Cl)cc1NC(=O)c1n[nH]c(=O)c2ccccc12. The van der Waals surface area contributed by atoms with Gasteiger partial charge in [0.05, 0.1) is 5.39 Å². The number of H-pyrrole nitrogens is 1. The third-order valence-electron chi connectivity index (χ3n) is 3.36. The summed E-state index contributed by atoms with van der Waals surface area (Å²) in [6.07, 6.45) is 0. The minimum atomic E-state index is -0.405. The van der Waals surface area contributed by atoms with Crippen LogP contribution in [0.5, 0.6) is 0 Å². The van der Waals surface area contributed by atoms with E-state index in [1.807, 2.05) is 13.0 Å². The molecule has 0 saturated heterocycles. The lowest BCUT2D eigenvalue weighted by molar-refractivity contribution is 0.102. The number of aromatic nitrogens is 2. The Balaban J connectivity index is 2.05. The van der Waals surface area contributed by atoms with Crippen LogP contribution in [0.4, 0.5) is 5.69 Å². The first kappa shape index (κ1) is 14.3. The standard InChI is InChI=1S/C16H12ClN3O2/c1-9-6-7-10(17)8-13(9)18-16(22)14-11-4-2-3-5-12(11)15(21)20-19-14/h2-8H,1H3,(H,18,22)(H,20,21). The number of rotatable bonds is 2. The van der Waals surface area contributed by atoms with Gasteiger partial charge in [0.2, 0.25) is 0 Å². The number of anilines is 1. The number of nitrogens with one attached hydrogen (secondary N) is 2. The van der Waals surface area contributed by atoms with Gasteiger partial charge in [-0.25, -0.2) is 5.10 Å². The Labute approximate surface area is 130 Å². The predicted octanol–water partition coefficient (Wildman–Crippen LogP) is 3.14. The van der Waals surface area contributed by atoms with Gasteiger partial charge in [-0.05, 0) is 30.7 Å². The highest BCUT2D eigenvalue weighted by atomic mass is 35.5. The Morgan fingerprint density at radius 2 is 1.91 bits per heavy atom. The zero-order valence-corrected chi connectivity index (χ0v) is 12.4. The molecule has 0 atom stereocenters. The molecule has 2 aromatic carbocycles. The molecule has 0 radical (unpaired) electrons. The fourth-order valence-corrected chi connectivity index (χ4v) is 2.37. The molecule has 3 rings (SSSR count). The van der Waals surface area contributed by atoms with Crippen molar-refractivity contribution in [3.8, 4) is 0 Å². The quantitative estimate of drug-likeness (QED) is 0.763. The van der Waals surface area contributed by atoms with Crippen LogP contribution in [0, 0.1) is 6.92 Å². The fourth-order valence-electron chi connectivity index (χ4n) is 2.20. The summed E-state index contributed by atoms with van der Waals surface area (Å²) in [6.45, 7) is 1.87. The molecule has 22 heavy (non-hydrogen) atoms. The number of aryl methyl sites for hydroxylation is 1. The molecular weight excluding hydrogens is 302 g/mol. The molecule has 0 aliphatic carbocycles. The number of carbonyl (C=O) groups excluding carboxylic acids is 1. The van der Waals surface area contributed by atoms with E-state index < -0.39 is 5.91 Å². The Kier molecular flexibility index (Phi) is 3.65. The average Bonchev–Trinajstić information content (AvgIpc) is 2.51. The number of fused-ring (bicyclic) bond motifs is 1. The van der Waals surface area contributed by atoms with Crippen LogP contribution in [0.1, 0.15) is 16.1 Å². The molecular formula is C16H12ClN3O2. The van der Waals surface area contributed by atoms with Crippen molar-refractivity contribution < 1.29 is 4.79 Å². The van der Waals surface area contributed by atoms with Crippen LogP contribution < -0.4 is 10.9 Å². The van der Waals surface area contributed by atoms with Gasteiger partial charge in [-0.1, -0.05) is 35.9 Å². The monoisotopic (exact) mass is 313 g/mol. The largest absolute Gasteiger partial charge is 0.320 e. The maximum atomic E-state index is 12.5. The average molecular weight is 314 g/mol. The lowest BCUT2D eigenvalue weighted by Gasteiger charge is -2.09. The number of aromatic amines is 1. The fraction of sp³-hybridized carbons (Fsp3) is 0.0625. The molecule has 0 unspecified atom stereocenters. The zero-order chi connectivity index (χ0) is 15.7. The molecule has 110 valence electrons. The van der Waals surface area contributed by atoms with Gasteiger partial charge in [-0.3, -0.25) is 9.59 Å². The van der Waals surface area contributed by atoms with E-state index in [0.717, 1.165) is 5.56 Å². The van der Waals surface area contributed by atoms with Crippen molar-refractivity contribution in [3.63, 3.8) is 0 Å². The lowest BCUT2D eigenvalue weighted by Crippen LogP contribution is -2.19. The number of amides is 1. The third kappa shape index (κ3) is 2.58.